The Kier molecular flexibility index (Phi) is 12.3. The van der Waals surface area contributed by atoms with Gasteiger partial charge in [-0.1, -0.05) is 32.1 Å². The van der Waals surface area contributed by atoms with Gasteiger partial charge in [0, 0.05) is 72.6 Å². The number of allylic oxidation sites excluding steroid dienone is 1. The van der Waals surface area contributed by atoms with Gasteiger partial charge < -0.3 is 68.5 Å². The SMILES string of the molecule is CC=C(C)C(=O)OC1CCC2(C)C3CCC4C5(O)CC(O)C6(O)C(CN7CC(C)CCC7C6(C)O)C5(O)CC42OC13O.O=S(=O)(O)O.c1cc2c(cc1C1OCC3C(c4ccc5c(c4)OCO5)OCC13)OCO2. The summed E-state index contributed by atoms with van der Waals surface area (Å²) in [5.41, 5.74) is -6.71. The molecule has 4 saturated carbocycles. The summed E-state index contributed by atoms with van der Waals surface area (Å²) < 4.78 is 78.4. The molecule has 0 radical (unpaired) electrons. The maximum absolute atomic E-state index is 12.9. The van der Waals surface area contributed by atoms with E-state index in [0.717, 1.165) is 40.5 Å². The van der Waals surface area contributed by atoms with Crippen LogP contribution < -0.4 is 18.9 Å². The van der Waals surface area contributed by atoms with Crippen LogP contribution in [0.5, 0.6) is 23.0 Å². The molecule has 11 aliphatic rings. The minimum absolute atomic E-state index is 0.0218. The maximum atomic E-state index is 12.9. The quantitative estimate of drug-likeness (QED) is 0.123. The first kappa shape index (κ1) is 51.4. The van der Waals surface area contributed by atoms with Crippen LogP contribution in [-0.2, 0) is 34.1 Å². The lowest BCUT2D eigenvalue weighted by atomic mass is 9.49. The van der Waals surface area contributed by atoms with E-state index in [9.17, 15) is 35.4 Å². The van der Waals surface area contributed by atoms with E-state index < -0.39 is 85.5 Å². The largest absolute Gasteiger partial charge is 0.454 e. The van der Waals surface area contributed by atoms with E-state index in [1.807, 2.05) is 31.2 Å². The number of hydrogen-bond acceptors (Lipinski definition) is 18. The summed E-state index contributed by atoms with van der Waals surface area (Å²) in [6.45, 7) is 12.0. The van der Waals surface area contributed by atoms with Gasteiger partial charge in [-0.15, -0.1) is 0 Å². The Labute approximate surface area is 424 Å². The number of fused-ring (bicyclic) bond motifs is 8. The van der Waals surface area contributed by atoms with Crippen molar-refractivity contribution in [3.63, 3.8) is 0 Å². The molecule has 402 valence electrons. The molecule has 9 fully saturated rings. The van der Waals surface area contributed by atoms with Crippen LogP contribution in [-0.4, -0.2) is 151 Å². The van der Waals surface area contributed by atoms with E-state index in [1.165, 1.54) is 0 Å². The number of aliphatic hydroxyl groups excluding tert-OH is 1. The van der Waals surface area contributed by atoms with Crippen molar-refractivity contribution >= 4 is 16.4 Å². The zero-order valence-corrected chi connectivity index (χ0v) is 42.5. The lowest BCUT2D eigenvalue weighted by molar-refractivity contribution is -0.354. The van der Waals surface area contributed by atoms with Gasteiger partial charge in [-0.25, -0.2) is 4.79 Å². The first-order chi connectivity index (χ1) is 34.3. The van der Waals surface area contributed by atoms with Crippen molar-refractivity contribution in [2.75, 3.05) is 39.9 Å². The van der Waals surface area contributed by atoms with Crippen LogP contribution in [0.3, 0.4) is 0 Å². The number of carbonyl (C=O) groups excluding carboxylic acids is 1. The van der Waals surface area contributed by atoms with E-state index >= 15 is 0 Å². The van der Waals surface area contributed by atoms with Gasteiger partial charge in [-0.2, -0.15) is 8.42 Å². The Morgan fingerprint density at radius 1 is 0.767 bits per heavy atom. The van der Waals surface area contributed by atoms with Crippen molar-refractivity contribution < 1.29 is 90.9 Å². The number of aliphatic hydroxyl groups is 6. The molecule has 21 heteroatoms. The molecular weight excluding hydrogens is 975 g/mol. The Balaban J connectivity index is 0.000000157. The first-order valence-corrected chi connectivity index (χ1v) is 27.0. The second kappa shape index (κ2) is 17.4. The van der Waals surface area contributed by atoms with Crippen molar-refractivity contribution in [2.45, 2.75) is 150 Å². The van der Waals surface area contributed by atoms with Crippen LogP contribution >= 0.6 is 0 Å². The topological polar surface area (TPSA) is 290 Å². The number of carbonyl (C=O) groups is 1. The highest BCUT2D eigenvalue weighted by molar-refractivity contribution is 7.79. The fourth-order valence-electron chi connectivity index (χ4n) is 16.2. The summed E-state index contributed by atoms with van der Waals surface area (Å²) >= 11 is 0. The van der Waals surface area contributed by atoms with Gasteiger partial charge in [0.05, 0.1) is 37.1 Å². The van der Waals surface area contributed by atoms with Gasteiger partial charge >= 0.3 is 16.4 Å². The Hall–Kier alpha value is -3.68. The lowest BCUT2D eigenvalue weighted by Gasteiger charge is -2.68. The third kappa shape index (κ3) is 7.49. The van der Waals surface area contributed by atoms with Crippen LogP contribution in [0.25, 0.3) is 0 Å². The molecule has 4 aliphatic carbocycles. The predicted molar refractivity (Wildman–Crippen MR) is 253 cm³/mol. The summed E-state index contributed by atoms with van der Waals surface area (Å²) in [5.74, 6) is -0.220. The normalized spacial score (nSPS) is 46.4. The molecule has 0 aromatic heterocycles. The van der Waals surface area contributed by atoms with Crippen molar-refractivity contribution in [1.82, 2.24) is 4.90 Å². The number of rotatable bonds is 4. The van der Waals surface area contributed by atoms with Gasteiger partial charge in [0.25, 0.3) is 0 Å². The zero-order valence-electron chi connectivity index (χ0n) is 41.7. The summed E-state index contributed by atoms with van der Waals surface area (Å²) in [6, 6.07) is 11.7. The van der Waals surface area contributed by atoms with Gasteiger partial charge in [-0.05, 0) is 101 Å². The van der Waals surface area contributed by atoms with Crippen LogP contribution in [0.15, 0.2) is 48.0 Å². The number of esters is 1. The highest BCUT2D eigenvalue weighted by Crippen LogP contribution is 2.78. The average molecular weight is 1040 g/mol. The molecule has 2 aromatic rings. The van der Waals surface area contributed by atoms with E-state index in [0.29, 0.717) is 75.2 Å². The van der Waals surface area contributed by atoms with E-state index in [4.69, 9.17) is 55.4 Å². The smallest absolute Gasteiger partial charge is 0.394 e. The Bertz CT molecular complexity index is 2590. The molecule has 73 heavy (non-hydrogen) atoms. The molecule has 8 N–H and O–H groups in total. The van der Waals surface area contributed by atoms with Gasteiger partial charge in [0.15, 0.2) is 29.1 Å². The molecule has 4 bridgehead atoms. The molecule has 18 atom stereocenters. The number of piperidine rings is 2. The Morgan fingerprint density at radius 3 is 1.90 bits per heavy atom. The van der Waals surface area contributed by atoms with Crippen molar-refractivity contribution in [3.05, 3.63) is 59.2 Å². The summed E-state index contributed by atoms with van der Waals surface area (Å²) in [7, 11) is -4.67. The fraction of sp³-hybridized carbons (Fsp3) is 0.712. The molecule has 1 spiro atoms. The Morgan fingerprint density at radius 2 is 1.33 bits per heavy atom. The van der Waals surface area contributed by atoms with Gasteiger partial charge in [0.1, 0.15) is 22.4 Å². The second-order valence-corrected chi connectivity index (χ2v) is 24.1. The number of benzene rings is 2. The van der Waals surface area contributed by atoms with E-state index in [2.05, 4.69) is 24.0 Å². The van der Waals surface area contributed by atoms with Crippen LogP contribution in [0.2, 0.25) is 0 Å². The summed E-state index contributed by atoms with van der Waals surface area (Å²) in [6.07, 6.45) is 2.34. The van der Waals surface area contributed by atoms with Crippen LogP contribution in [0, 0.1) is 40.9 Å². The average Bonchev–Trinajstić information content (AvgIpc) is 4.18. The lowest BCUT2D eigenvalue weighted by Crippen LogP contribution is -2.85. The molecule has 20 nitrogen and oxygen atoms in total. The minimum Gasteiger partial charge on any atom is -0.454 e. The predicted octanol–water partition coefficient (Wildman–Crippen LogP) is 3.56. The number of nitrogens with zero attached hydrogens (tertiary/aromatic N) is 1. The van der Waals surface area contributed by atoms with Crippen molar-refractivity contribution in [3.8, 4) is 23.0 Å². The molecule has 18 unspecified atom stereocenters. The molecule has 13 rings (SSSR count). The fourth-order valence-corrected chi connectivity index (χ4v) is 16.2. The third-order valence-electron chi connectivity index (χ3n) is 19.8. The standard InChI is InChI=1S/C32H49NO9.C20H18O6.H2O4S/c1-6-18(3)25(35)41-24-11-12-26(4)19-8-9-20-28(37)13-23(34)31(39)21(29(28,38)16-30(20,26)42-32(19,24)40)15-33-14-17(2)7-10-22(33)27(31,5)36;1-3-15-17(25-9-23-15)5-11(1)19-13-7-22-20(14(13)8-21-19)12-2-4-16-18(6-12)26-10-24-16;1-5(2,3)4/h6,17,19-24,34,36-40H,7-16H2,1-5H3;1-6,13-14,19-20H,7-10H2;(H2,1,2,3,4). The monoisotopic (exact) mass is 1040 g/mol. The molecule has 7 heterocycles. The van der Waals surface area contributed by atoms with Crippen molar-refractivity contribution in [1.29, 1.82) is 0 Å². The molecule has 7 aliphatic heterocycles. The van der Waals surface area contributed by atoms with Crippen LogP contribution in [0.1, 0.15) is 109 Å². The maximum Gasteiger partial charge on any atom is 0.394 e. The molecule has 2 aromatic carbocycles. The molecule has 5 saturated heterocycles. The number of hydrogen-bond donors (Lipinski definition) is 8. The van der Waals surface area contributed by atoms with E-state index in [1.54, 1.807) is 26.8 Å². The molecule has 0 amide bonds. The number of ether oxygens (including phenoxy) is 8. The van der Waals surface area contributed by atoms with Crippen molar-refractivity contribution in [2.24, 2.45) is 40.9 Å². The highest BCUT2D eigenvalue weighted by atomic mass is 32.3. The summed E-state index contributed by atoms with van der Waals surface area (Å²) in [5, 5.41) is 73.9. The highest BCUT2D eigenvalue weighted by Gasteiger charge is 2.89. The molecular formula is C52H69NO19S. The van der Waals surface area contributed by atoms with Gasteiger partial charge in [-0.3, -0.25) is 14.0 Å². The zero-order chi connectivity index (χ0) is 52.1. The van der Waals surface area contributed by atoms with E-state index in [-0.39, 0.29) is 51.2 Å². The first-order valence-electron chi connectivity index (χ1n) is 25.6. The van der Waals surface area contributed by atoms with Crippen LogP contribution in [0.4, 0.5) is 0 Å². The van der Waals surface area contributed by atoms with Gasteiger partial charge in [0.2, 0.25) is 19.4 Å². The second-order valence-electron chi connectivity index (χ2n) is 23.2. The third-order valence-corrected chi connectivity index (χ3v) is 19.8. The summed E-state index contributed by atoms with van der Waals surface area (Å²) in [4.78, 5) is 14.9. The minimum atomic E-state index is -4.67.